The van der Waals surface area contributed by atoms with Gasteiger partial charge in [0.25, 0.3) is 0 Å². The van der Waals surface area contributed by atoms with Gasteiger partial charge in [0.1, 0.15) is 0 Å². The predicted molar refractivity (Wildman–Crippen MR) is 73.4 cm³/mol. The van der Waals surface area contributed by atoms with Gasteiger partial charge in [-0.25, -0.2) is 4.98 Å². The highest BCUT2D eigenvalue weighted by Crippen LogP contribution is 2.13. The zero-order valence-corrected chi connectivity index (χ0v) is 11.8. The van der Waals surface area contributed by atoms with Crippen molar-refractivity contribution in [1.29, 1.82) is 0 Å². The molecule has 1 rings (SSSR count). The van der Waals surface area contributed by atoms with Gasteiger partial charge < -0.3 is 10.0 Å². The molecule has 4 heteroatoms. The number of aliphatic hydroxyl groups is 1. The molecular weight excluding hydrogens is 232 g/mol. The van der Waals surface area contributed by atoms with Crippen LogP contribution >= 0.6 is 11.3 Å². The van der Waals surface area contributed by atoms with Crippen LogP contribution in [0.25, 0.3) is 0 Å². The zero-order chi connectivity index (χ0) is 12.5. The fourth-order valence-electron chi connectivity index (χ4n) is 1.78. The van der Waals surface area contributed by atoms with Crippen LogP contribution in [0, 0.1) is 0 Å². The van der Waals surface area contributed by atoms with Crippen molar-refractivity contribution in [3.8, 4) is 0 Å². The van der Waals surface area contributed by atoms with Crippen molar-refractivity contribution in [1.82, 2.24) is 9.88 Å². The molecule has 0 spiro atoms. The molecule has 0 saturated heterocycles. The SMILES string of the molecule is CCCc1nc(CN(C)CCCCCO)cs1. The summed E-state index contributed by atoms with van der Waals surface area (Å²) in [5, 5.41) is 12.1. The lowest BCUT2D eigenvalue weighted by atomic mass is 10.2. The Morgan fingerprint density at radius 3 is 2.88 bits per heavy atom. The summed E-state index contributed by atoms with van der Waals surface area (Å²) in [6.07, 6.45) is 5.46. The molecule has 17 heavy (non-hydrogen) atoms. The summed E-state index contributed by atoms with van der Waals surface area (Å²) in [6, 6.07) is 0. The second kappa shape index (κ2) is 8.61. The van der Waals surface area contributed by atoms with Gasteiger partial charge in [0, 0.05) is 18.5 Å². The summed E-state index contributed by atoms with van der Waals surface area (Å²) >= 11 is 1.78. The minimum absolute atomic E-state index is 0.316. The van der Waals surface area contributed by atoms with Gasteiger partial charge in [-0.3, -0.25) is 0 Å². The van der Waals surface area contributed by atoms with E-state index in [9.17, 15) is 0 Å². The fourth-order valence-corrected chi connectivity index (χ4v) is 2.67. The van der Waals surface area contributed by atoms with Gasteiger partial charge >= 0.3 is 0 Å². The first-order valence-electron chi connectivity index (χ1n) is 6.49. The Hall–Kier alpha value is -0.450. The van der Waals surface area contributed by atoms with Crippen LogP contribution in [0.15, 0.2) is 5.38 Å². The molecule has 0 saturated carbocycles. The maximum atomic E-state index is 8.70. The third-order valence-electron chi connectivity index (χ3n) is 2.69. The molecule has 0 atom stereocenters. The molecule has 0 aromatic carbocycles. The van der Waals surface area contributed by atoms with Crippen LogP contribution in [-0.2, 0) is 13.0 Å². The van der Waals surface area contributed by atoms with Crippen molar-refractivity contribution in [3.63, 3.8) is 0 Å². The van der Waals surface area contributed by atoms with Crippen molar-refractivity contribution < 1.29 is 5.11 Å². The highest BCUT2D eigenvalue weighted by Gasteiger charge is 2.04. The Morgan fingerprint density at radius 1 is 1.35 bits per heavy atom. The molecule has 3 nitrogen and oxygen atoms in total. The maximum absolute atomic E-state index is 8.70. The zero-order valence-electron chi connectivity index (χ0n) is 11.0. The number of rotatable bonds is 9. The van der Waals surface area contributed by atoms with Gasteiger partial charge in [-0.2, -0.15) is 0 Å². The third kappa shape index (κ3) is 6.15. The van der Waals surface area contributed by atoms with E-state index in [0.717, 1.165) is 38.8 Å². The fraction of sp³-hybridized carbons (Fsp3) is 0.769. The summed E-state index contributed by atoms with van der Waals surface area (Å²) in [7, 11) is 2.14. The van der Waals surface area contributed by atoms with E-state index in [1.54, 1.807) is 11.3 Å². The number of thiazole rings is 1. The standard InChI is InChI=1S/C13H24N2OS/c1-3-7-13-14-12(11-17-13)10-15(2)8-5-4-6-9-16/h11,16H,3-10H2,1-2H3. The average Bonchev–Trinajstić information content (AvgIpc) is 2.73. The van der Waals surface area contributed by atoms with E-state index in [4.69, 9.17) is 5.11 Å². The molecule has 0 fully saturated rings. The minimum atomic E-state index is 0.316. The first-order valence-corrected chi connectivity index (χ1v) is 7.37. The molecule has 0 amide bonds. The normalized spacial score (nSPS) is 11.3. The van der Waals surface area contributed by atoms with Crippen molar-refractivity contribution in [2.75, 3.05) is 20.2 Å². The molecule has 0 aliphatic carbocycles. The molecule has 0 aliphatic rings. The summed E-state index contributed by atoms with van der Waals surface area (Å²) in [5.41, 5.74) is 1.20. The second-order valence-corrected chi connectivity index (χ2v) is 5.45. The molecule has 0 bridgehead atoms. The van der Waals surface area contributed by atoms with Crippen LogP contribution in [0.3, 0.4) is 0 Å². The Bertz CT molecular complexity index is 301. The van der Waals surface area contributed by atoms with E-state index in [-0.39, 0.29) is 0 Å². The predicted octanol–water partition coefficient (Wildman–Crippen LogP) is 2.69. The number of aromatic nitrogens is 1. The largest absolute Gasteiger partial charge is 0.396 e. The van der Waals surface area contributed by atoms with Crippen molar-refractivity contribution in [2.24, 2.45) is 0 Å². The molecule has 1 aromatic rings. The molecule has 1 aromatic heterocycles. The second-order valence-electron chi connectivity index (χ2n) is 4.50. The van der Waals surface area contributed by atoms with E-state index in [1.165, 1.54) is 17.1 Å². The van der Waals surface area contributed by atoms with Crippen molar-refractivity contribution in [2.45, 2.75) is 45.6 Å². The molecule has 1 N–H and O–H groups in total. The highest BCUT2D eigenvalue weighted by atomic mass is 32.1. The smallest absolute Gasteiger partial charge is 0.0928 e. The first kappa shape index (κ1) is 14.6. The lowest BCUT2D eigenvalue weighted by Crippen LogP contribution is -2.19. The molecule has 0 aliphatic heterocycles. The summed E-state index contributed by atoms with van der Waals surface area (Å²) in [5.74, 6) is 0. The molecular formula is C13H24N2OS. The lowest BCUT2D eigenvalue weighted by molar-refractivity contribution is 0.270. The minimum Gasteiger partial charge on any atom is -0.396 e. The highest BCUT2D eigenvalue weighted by molar-refractivity contribution is 7.09. The van der Waals surface area contributed by atoms with Crippen LogP contribution < -0.4 is 0 Å². The van der Waals surface area contributed by atoms with Crippen molar-refractivity contribution >= 4 is 11.3 Å². The van der Waals surface area contributed by atoms with E-state index in [1.807, 2.05) is 0 Å². The molecule has 1 heterocycles. The van der Waals surface area contributed by atoms with Crippen LogP contribution in [0.1, 0.15) is 43.3 Å². The molecule has 0 unspecified atom stereocenters. The topological polar surface area (TPSA) is 36.4 Å². The third-order valence-corrected chi connectivity index (χ3v) is 3.65. The lowest BCUT2D eigenvalue weighted by Gasteiger charge is -2.14. The van der Waals surface area contributed by atoms with E-state index in [2.05, 4.69) is 29.2 Å². The van der Waals surface area contributed by atoms with Gasteiger partial charge in [0.2, 0.25) is 0 Å². The number of aliphatic hydroxyl groups excluding tert-OH is 1. The quantitative estimate of drug-likeness (QED) is 0.690. The number of nitrogens with zero attached hydrogens (tertiary/aromatic N) is 2. The number of aryl methyl sites for hydroxylation is 1. The molecule has 0 radical (unpaired) electrons. The summed E-state index contributed by atoms with van der Waals surface area (Å²) < 4.78 is 0. The van der Waals surface area contributed by atoms with Gasteiger partial charge in [-0.05, 0) is 45.7 Å². The van der Waals surface area contributed by atoms with Gasteiger partial charge in [0.15, 0.2) is 0 Å². The summed E-state index contributed by atoms with van der Waals surface area (Å²) in [6.45, 7) is 4.53. The number of unbranched alkanes of at least 4 members (excludes halogenated alkanes) is 2. The Labute approximate surface area is 108 Å². The van der Waals surface area contributed by atoms with E-state index < -0.39 is 0 Å². The maximum Gasteiger partial charge on any atom is 0.0928 e. The van der Waals surface area contributed by atoms with Gasteiger partial charge in [-0.15, -0.1) is 11.3 Å². The Kier molecular flexibility index (Phi) is 7.40. The summed E-state index contributed by atoms with van der Waals surface area (Å²) in [4.78, 5) is 6.93. The Balaban J connectivity index is 2.22. The first-order chi connectivity index (χ1) is 8.26. The van der Waals surface area contributed by atoms with Gasteiger partial charge in [-0.1, -0.05) is 6.92 Å². The average molecular weight is 256 g/mol. The number of hydrogen-bond acceptors (Lipinski definition) is 4. The van der Waals surface area contributed by atoms with Gasteiger partial charge in [0.05, 0.1) is 10.7 Å². The van der Waals surface area contributed by atoms with Crippen LogP contribution in [-0.4, -0.2) is 35.2 Å². The molecule has 98 valence electrons. The Morgan fingerprint density at radius 2 is 2.18 bits per heavy atom. The monoisotopic (exact) mass is 256 g/mol. The van der Waals surface area contributed by atoms with Crippen LogP contribution in [0.2, 0.25) is 0 Å². The van der Waals surface area contributed by atoms with Crippen LogP contribution in [0.5, 0.6) is 0 Å². The van der Waals surface area contributed by atoms with Crippen LogP contribution in [0.4, 0.5) is 0 Å². The van der Waals surface area contributed by atoms with E-state index >= 15 is 0 Å². The van der Waals surface area contributed by atoms with E-state index in [0.29, 0.717) is 6.61 Å². The number of hydrogen-bond donors (Lipinski definition) is 1. The van der Waals surface area contributed by atoms with Crippen molar-refractivity contribution in [3.05, 3.63) is 16.1 Å².